The predicted octanol–water partition coefficient (Wildman–Crippen LogP) is 1.80. The molecule has 0 aromatic heterocycles. The van der Waals surface area contributed by atoms with Gasteiger partial charge in [0.2, 0.25) is 0 Å². The van der Waals surface area contributed by atoms with E-state index in [9.17, 15) is 9.59 Å². The number of alkyl carbamates (subject to hydrolysis) is 1. The minimum atomic E-state index is -0.531. The summed E-state index contributed by atoms with van der Waals surface area (Å²) >= 11 is 0. The summed E-state index contributed by atoms with van der Waals surface area (Å²) in [7, 11) is 0. The molecule has 0 radical (unpaired) electrons. The van der Waals surface area contributed by atoms with Gasteiger partial charge in [0.25, 0.3) is 0 Å². The highest BCUT2D eigenvalue weighted by atomic mass is 16.6. The second kappa shape index (κ2) is 4.47. The molecule has 84 valence electrons. The van der Waals surface area contributed by atoms with Gasteiger partial charge in [-0.3, -0.25) is 4.79 Å². The molecule has 0 heterocycles. The summed E-state index contributed by atoms with van der Waals surface area (Å²) in [5, 5.41) is 2.56. The molecule has 0 unspecified atom stereocenters. The molecule has 0 aliphatic heterocycles. The zero-order valence-electron chi connectivity index (χ0n) is 9.37. The van der Waals surface area contributed by atoms with Gasteiger partial charge in [0.1, 0.15) is 5.60 Å². The van der Waals surface area contributed by atoms with E-state index >= 15 is 0 Å². The highest BCUT2D eigenvalue weighted by Crippen LogP contribution is 2.10. The van der Waals surface area contributed by atoms with Gasteiger partial charge in [-0.15, -0.1) is 0 Å². The van der Waals surface area contributed by atoms with E-state index in [1.54, 1.807) is 20.8 Å². The van der Waals surface area contributed by atoms with Gasteiger partial charge in [0.05, 0.1) is 6.04 Å². The summed E-state index contributed by atoms with van der Waals surface area (Å²) in [4.78, 5) is 22.7. The van der Waals surface area contributed by atoms with Gasteiger partial charge >= 0.3 is 6.09 Å². The third-order valence-corrected chi connectivity index (χ3v) is 1.94. The Bertz CT molecular complexity index is 289. The van der Waals surface area contributed by atoms with Gasteiger partial charge in [-0.05, 0) is 39.7 Å². The first-order valence-electron chi connectivity index (χ1n) is 5.08. The van der Waals surface area contributed by atoms with Crippen LogP contribution >= 0.6 is 0 Å². The predicted molar refractivity (Wildman–Crippen MR) is 56.5 cm³/mol. The smallest absolute Gasteiger partial charge is 0.408 e. The molecule has 0 saturated heterocycles. The Morgan fingerprint density at radius 3 is 2.73 bits per heavy atom. The molecular formula is C11H17NO3. The number of hydrogen-bond donors (Lipinski definition) is 1. The molecule has 0 aromatic carbocycles. The number of hydrogen-bond acceptors (Lipinski definition) is 3. The molecule has 0 saturated carbocycles. The van der Waals surface area contributed by atoms with Crippen molar-refractivity contribution in [1.29, 1.82) is 0 Å². The van der Waals surface area contributed by atoms with Crippen molar-refractivity contribution < 1.29 is 14.3 Å². The number of rotatable bonds is 1. The maximum Gasteiger partial charge on any atom is 0.408 e. The Morgan fingerprint density at radius 2 is 2.20 bits per heavy atom. The third kappa shape index (κ3) is 4.14. The van der Waals surface area contributed by atoms with E-state index in [1.165, 1.54) is 6.08 Å². The van der Waals surface area contributed by atoms with E-state index < -0.39 is 17.7 Å². The Balaban J connectivity index is 2.45. The van der Waals surface area contributed by atoms with Gasteiger partial charge in [0.15, 0.2) is 5.78 Å². The number of ketones is 1. The normalized spacial score (nSPS) is 21.3. The maximum atomic E-state index is 11.4. The van der Waals surface area contributed by atoms with Crippen LogP contribution in [0.25, 0.3) is 0 Å². The van der Waals surface area contributed by atoms with Crippen molar-refractivity contribution in [3.63, 3.8) is 0 Å². The Morgan fingerprint density at radius 1 is 1.53 bits per heavy atom. The second-order valence-corrected chi connectivity index (χ2v) is 4.58. The van der Waals surface area contributed by atoms with Gasteiger partial charge in [-0.25, -0.2) is 4.79 Å². The molecule has 0 bridgehead atoms. The number of carbonyl (C=O) groups excluding carboxylic acids is 2. The average Bonchev–Trinajstić information content (AvgIpc) is 2.05. The van der Waals surface area contributed by atoms with Crippen molar-refractivity contribution in [3.8, 4) is 0 Å². The van der Waals surface area contributed by atoms with Crippen LogP contribution in [0, 0.1) is 0 Å². The van der Waals surface area contributed by atoms with Gasteiger partial charge in [0, 0.05) is 0 Å². The molecule has 4 nitrogen and oxygen atoms in total. The number of ether oxygens (including phenoxy) is 1. The molecule has 1 rings (SSSR count). The van der Waals surface area contributed by atoms with E-state index in [0.717, 1.165) is 6.42 Å². The summed E-state index contributed by atoms with van der Waals surface area (Å²) in [6.07, 6.45) is 4.25. The minimum absolute atomic E-state index is 0.0629. The van der Waals surface area contributed by atoms with Crippen LogP contribution in [0.1, 0.15) is 33.6 Å². The van der Waals surface area contributed by atoms with Crippen LogP contribution in [0.5, 0.6) is 0 Å². The van der Waals surface area contributed by atoms with Crippen LogP contribution < -0.4 is 5.32 Å². The van der Waals surface area contributed by atoms with Crippen LogP contribution in [0.4, 0.5) is 4.79 Å². The molecule has 0 spiro atoms. The highest BCUT2D eigenvalue weighted by Gasteiger charge is 2.23. The van der Waals surface area contributed by atoms with E-state index in [4.69, 9.17) is 4.74 Å². The van der Waals surface area contributed by atoms with Gasteiger partial charge in [-0.1, -0.05) is 6.08 Å². The summed E-state index contributed by atoms with van der Waals surface area (Å²) in [5.41, 5.74) is -0.530. The van der Waals surface area contributed by atoms with Crippen molar-refractivity contribution in [2.75, 3.05) is 0 Å². The van der Waals surface area contributed by atoms with Crippen LogP contribution in [-0.4, -0.2) is 23.5 Å². The monoisotopic (exact) mass is 211 g/mol. The van der Waals surface area contributed by atoms with Crippen LogP contribution in [0.2, 0.25) is 0 Å². The molecule has 1 aliphatic rings. The highest BCUT2D eigenvalue weighted by molar-refractivity contribution is 5.96. The lowest BCUT2D eigenvalue weighted by atomic mass is 10.0. The van der Waals surface area contributed by atoms with Gasteiger partial charge < -0.3 is 10.1 Å². The zero-order valence-corrected chi connectivity index (χ0v) is 9.37. The van der Waals surface area contributed by atoms with E-state index in [1.807, 2.05) is 6.08 Å². The summed E-state index contributed by atoms with van der Waals surface area (Å²) in [5.74, 6) is -0.0629. The lowest BCUT2D eigenvalue weighted by Gasteiger charge is -2.23. The molecule has 1 atom stereocenters. The number of allylic oxidation sites excluding steroid dienone is 1. The topological polar surface area (TPSA) is 55.4 Å². The summed E-state index contributed by atoms with van der Waals surface area (Å²) < 4.78 is 5.06. The number of amides is 1. The molecule has 15 heavy (non-hydrogen) atoms. The Kier molecular flexibility index (Phi) is 3.50. The molecule has 0 fully saturated rings. The van der Waals surface area contributed by atoms with Crippen molar-refractivity contribution in [2.45, 2.75) is 45.3 Å². The van der Waals surface area contributed by atoms with E-state index in [-0.39, 0.29) is 5.78 Å². The van der Waals surface area contributed by atoms with Crippen LogP contribution in [-0.2, 0) is 9.53 Å². The first-order valence-corrected chi connectivity index (χ1v) is 5.08. The first kappa shape index (κ1) is 11.8. The fourth-order valence-corrected chi connectivity index (χ4v) is 1.31. The minimum Gasteiger partial charge on any atom is -0.444 e. The molecule has 4 heteroatoms. The number of nitrogens with one attached hydrogen (secondary N) is 1. The molecule has 1 N–H and O–H groups in total. The Hall–Kier alpha value is -1.32. The van der Waals surface area contributed by atoms with Crippen molar-refractivity contribution in [1.82, 2.24) is 5.32 Å². The number of carbonyl (C=O) groups is 2. The third-order valence-electron chi connectivity index (χ3n) is 1.94. The van der Waals surface area contributed by atoms with E-state index in [0.29, 0.717) is 6.42 Å². The molecular weight excluding hydrogens is 194 g/mol. The largest absolute Gasteiger partial charge is 0.444 e. The van der Waals surface area contributed by atoms with Crippen LogP contribution in [0.3, 0.4) is 0 Å². The van der Waals surface area contributed by atoms with Gasteiger partial charge in [-0.2, -0.15) is 0 Å². The summed E-state index contributed by atoms with van der Waals surface area (Å²) in [6, 6.07) is -0.426. The second-order valence-electron chi connectivity index (χ2n) is 4.58. The van der Waals surface area contributed by atoms with Crippen LogP contribution in [0.15, 0.2) is 12.2 Å². The standard InChI is InChI=1S/C11H17NO3/c1-11(2,3)15-10(14)12-8-6-4-5-7-9(8)13/h5,7-8H,4,6H2,1-3H3,(H,12,14)/t8-/m0/s1. The van der Waals surface area contributed by atoms with E-state index in [2.05, 4.69) is 5.32 Å². The average molecular weight is 211 g/mol. The quantitative estimate of drug-likeness (QED) is 0.719. The Labute approximate surface area is 89.7 Å². The fourth-order valence-electron chi connectivity index (χ4n) is 1.31. The lowest BCUT2D eigenvalue weighted by molar-refractivity contribution is -0.117. The van der Waals surface area contributed by atoms with Crippen molar-refractivity contribution in [3.05, 3.63) is 12.2 Å². The lowest BCUT2D eigenvalue weighted by Crippen LogP contribution is -2.43. The summed E-state index contributed by atoms with van der Waals surface area (Å²) in [6.45, 7) is 5.36. The molecule has 0 aromatic rings. The SMILES string of the molecule is CC(C)(C)OC(=O)N[C@H]1CCC=CC1=O. The molecule has 1 aliphatic carbocycles. The molecule has 1 amide bonds. The van der Waals surface area contributed by atoms with Crippen molar-refractivity contribution in [2.24, 2.45) is 0 Å². The maximum absolute atomic E-state index is 11.4. The van der Waals surface area contributed by atoms with Crippen molar-refractivity contribution >= 4 is 11.9 Å². The fraction of sp³-hybridized carbons (Fsp3) is 0.636. The zero-order chi connectivity index (χ0) is 11.5. The first-order chi connectivity index (χ1) is 6.88.